The summed E-state index contributed by atoms with van der Waals surface area (Å²) in [4.78, 5) is 40.9. The summed E-state index contributed by atoms with van der Waals surface area (Å²) in [7, 11) is 1.87. The second-order valence-electron chi connectivity index (χ2n) is 8.23. The molecule has 1 atom stereocenters. The lowest BCUT2D eigenvalue weighted by Gasteiger charge is -2.29. The molecule has 0 fully saturated rings. The van der Waals surface area contributed by atoms with E-state index in [0.29, 0.717) is 23.6 Å². The second kappa shape index (κ2) is 7.45. The number of fused-ring (bicyclic) bond motifs is 4. The van der Waals surface area contributed by atoms with Crippen molar-refractivity contribution in [1.82, 2.24) is 30.0 Å². The summed E-state index contributed by atoms with van der Waals surface area (Å²) in [6.07, 6.45) is 5.46. The highest BCUT2D eigenvalue weighted by molar-refractivity contribution is 7.19. The summed E-state index contributed by atoms with van der Waals surface area (Å²) < 4.78 is 0. The lowest BCUT2D eigenvalue weighted by Crippen LogP contribution is -2.39. The number of nitrogens with zero attached hydrogens (tertiary/aromatic N) is 4. The molecule has 31 heavy (non-hydrogen) atoms. The maximum atomic E-state index is 12.8. The Kier molecular flexibility index (Phi) is 4.73. The molecule has 4 heterocycles. The molecule has 0 aliphatic heterocycles. The zero-order valence-electron chi connectivity index (χ0n) is 17.5. The van der Waals surface area contributed by atoms with E-state index in [0.717, 1.165) is 28.4 Å². The number of nitrogens with one attached hydrogen (secondary N) is 3. The van der Waals surface area contributed by atoms with Gasteiger partial charge in [0.05, 0.1) is 11.6 Å². The molecule has 160 valence electrons. The number of carbonyl (C=O) groups is 1. The Hall–Kier alpha value is -3.27. The number of rotatable bonds is 4. The van der Waals surface area contributed by atoms with Gasteiger partial charge in [0.1, 0.15) is 28.3 Å². The van der Waals surface area contributed by atoms with Crippen LogP contribution >= 0.6 is 11.3 Å². The lowest BCUT2D eigenvalue weighted by molar-refractivity contribution is -0.136. The highest BCUT2D eigenvalue weighted by atomic mass is 32.1. The minimum Gasteiger partial charge on any atom is -0.343 e. The molecular formula is C21H23N7O2S. The number of H-pyrrole nitrogens is 2. The van der Waals surface area contributed by atoms with Gasteiger partial charge in [-0.1, -0.05) is 0 Å². The molecule has 0 saturated carbocycles. The molecule has 9 nitrogen and oxygen atoms in total. The standard InChI is InChI=1S/C21H23N7O2S/c1-10(2)28(3)21(30)11-4-5-13-15(7-11)31-20-16(13)18(22-9-23-20)25-14-6-12-8-24-27-17(12)26-19(14)29/h6,8-11H,4-5,7H2,1-3H3,(H,22,23,25)(H2,24,26,27,29). The van der Waals surface area contributed by atoms with Crippen LogP contribution in [0.4, 0.5) is 11.5 Å². The molecular weight excluding hydrogens is 414 g/mol. The van der Waals surface area contributed by atoms with Gasteiger partial charge < -0.3 is 15.2 Å². The first kappa shape index (κ1) is 19.7. The van der Waals surface area contributed by atoms with Crippen molar-refractivity contribution in [1.29, 1.82) is 0 Å². The fourth-order valence-corrected chi connectivity index (χ4v) is 5.35. The molecule has 1 aliphatic rings. The van der Waals surface area contributed by atoms with Crippen LogP contribution in [0.3, 0.4) is 0 Å². The number of hydrogen-bond donors (Lipinski definition) is 3. The molecule has 5 rings (SSSR count). The summed E-state index contributed by atoms with van der Waals surface area (Å²) in [6.45, 7) is 4.06. The number of carbonyl (C=O) groups excluding carboxylic acids is 1. The number of pyridine rings is 1. The Morgan fingerprint density at radius 1 is 1.35 bits per heavy atom. The maximum Gasteiger partial charge on any atom is 0.273 e. The Balaban J connectivity index is 1.50. The highest BCUT2D eigenvalue weighted by Gasteiger charge is 2.31. The van der Waals surface area contributed by atoms with E-state index >= 15 is 0 Å². The third kappa shape index (κ3) is 3.36. The molecule has 1 amide bonds. The van der Waals surface area contributed by atoms with Gasteiger partial charge in [0.2, 0.25) is 5.91 Å². The van der Waals surface area contributed by atoms with E-state index in [9.17, 15) is 9.59 Å². The third-order valence-electron chi connectivity index (χ3n) is 6.02. The zero-order chi connectivity index (χ0) is 21.7. The first-order valence-corrected chi connectivity index (χ1v) is 11.1. The summed E-state index contributed by atoms with van der Waals surface area (Å²) in [5.41, 5.74) is 1.91. The maximum absolute atomic E-state index is 12.8. The summed E-state index contributed by atoms with van der Waals surface area (Å²) in [5.74, 6) is 0.797. The van der Waals surface area contributed by atoms with Crippen molar-refractivity contribution >= 4 is 50.0 Å². The minimum atomic E-state index is -0.255. The van der Waals surface area contributed by atoms with Crippen LogP contribution < -0.4 is 10.9 Å². The van der Waals surface area contributed by atoms with Crippen LogP contribution in [0.25, 0.3) is 21.3 Å². The topological polar surface area (TPSA) is 120 Å². The minimum absolute atomic E-state index is 0.0105. The van der Waals surface area contributed by atoms with E-state index < -0.39 is 0 Å². The molecule has 1 aliphatic carbocycles. The number of amides is 1. The van der Waals surface area contributed by atoms with Crippen molar-refractivity contribution in [3.63, 3.8) is 0 Å². The van der Waals surface area contributed by atoms with Crippen LogP contribution in [0.15, 0.2) is 23.4 Å². The van der Waals surface area contributed by atoms with Crippen molar-refractivity contribution in [2.45, 2.75) is 39.2 Å². The summed E-state index contributed by atoms with van der Waals surface area (Å²) in [6, 6.07) is 1.93. The average Bonchev–Trinajstić information content (AvgIpc) is 3.36. The molecule has 4 aromatic rings. The SMILES string of the molecule is CC(C)N(C)C(=O)C1CCc2c(sc3ncnc(Nc4cc5cn[nH]c5[nH]c4=O)c23)C1. The van der Waals surface area contributed by atoms with Gasteiger partial charge in [-0.2, -0.15) is 5.10 Å². The number of aryl methyl sites for hydroxylation is 1. The molecule has 0 spiro atoms. The van der Waals surface area contributed by atoms with Crippen LogP contribution in [0.1, 0.15) is 30.7 Å². The number of anilines is 2. The van der Waals surface area contributed by atoms with Crippen molar-refractivity contribution < 1.29 is 4.79 Å². The van der Waals surface area contributed by atoms with Crippen LogP contribution in [0, 0.1) is 5.92 Å². The Morgan fingerprint density at radius 2 is 2.19 bits per heavy atom. The van der Waals surface area contributed by atoms with E-state index in [1.807, 2.05) is 25.8 Å². The molecule has 0 aromatic carbocycles. The van der Waals surface area contributed by atoms with E-state index in [1.54, 1.807) is 23.6 Å². The largest absolute Gasteiger partial charge is 0.343 e. The molecule has 0 radical (unpaired) electrons. The van der Waals surface area contributed by atoms with Crippen molar-refractivity contribution in [3.8, 4) is 0 Å². The highest BCUT2D eigenvalue weighted by Crippen LogP contribution is 2.40. The summed E-state index contributed by atoms with van der Waals surface area (Å²) >= 11 is 1.61. The van der Waals surface area contributed by atoms with E-state index in [4.69, 9.17) is 0 Å². The van der Waals surface area contributed by atoms with Crippen molar-refractivity contribution in [2.24, 2.45) is 5.92 Å². The molecule has 3 N–H and O–H groups in total. The number of thiophene rings is 1. The van der Waals surface area contributed by atoms with E-state index in [-0.39, 0.29) is 23.4 Å². The molecule has 10 heteroatoms. The quantitative estimate of drug-likeness (QED) is 0.452. The molecule has 0 bridgehead atoms. The van der Waals surface area contributed by atoms with Gasteiger partial charge >= 0.3 is 0 Å². The van der Waals surface area contributed by atoms with Gasteiger partial charge in [0.15, 0.2) is 0 Å². The van der Waals surface area contributed by atoms with Crippen LogP contribution in [-0.2, 0) is 17.6 Å². The Morgan fingerprint density at radius 3 is 3.00 bits per heavy atom. The van der Waals surface area contributed by atoms with E-state index in [2.05, 4.69) is 30.5 Å². The van der Waals surface area contributed by atoms with Gasteiger partial charge in [-0.25, -0.2) is 9.97 Å². The Bertz CT molecular complexity index is 1350. The van der Waals surface area contributed by atoms with Crippen molar-refractivity contribution in [3.05, 3.63) is 39.4 Å². The van der Waals surface area contributed by atoms with Gasteiger partial charge in [-0.05, 0) is 44.7 Å². The first-order valence-electron chi connectivity index (χ1n) is 10.3. The number of hydrogen-bond acceptors (Lipinski definition) is 7. The van der Waals surface area contributed by atoms with E-state index in [1.165, 1.54) is 16.8 Å². The van der Waals surface area contributed by atoms with Gasteiger partial charge in [-0.15, -0.1) is 11.3 Å². The van der Waals surface area contributed by atoms with Crippen LogP contribution in [0.2, 0.25) is 0 Å². The summed E-state index contributed by atoms with van der Waals surface area (Å²) in [5, 5.41) is 11.7. The first-order chi connectivity index (χ1) is 14.9. The normalized spacial score (nSPS) is 16.1. The van der Waals surface area contributed by atoms with Gasteiger partial charge in [-0.3, -0.25) is 14.7 Å². The van der Waals surface area contributed by atoms with Crippen LogP contribution in [-0.4, -0.2) is 49.0 Å². The van der Waals surface area contributed by atoms with Gasteiger partial charge in [0, 0.05) is 29.3 Å². The van der Waals surface area contributed by atoms with Gasteiger partial charge in [0.25, 0.3) is 5.56 Å². The predicted molar refractivity (Wildman–Crippen MR) is 121 cm³/mol. The zero-order valence-corrected chi connectivity index (χ0v) is 18.3. The molecule has 0 saturated heterocycles. The fourth-order valence-electron chi connectivity index (χ4n) is 4.09. The molecule has 1 unspecified atom stereocenters. The Labute approximate surface area is 181 Å². The number of aromatic amines is 2. The average molecular weight is 438 g/mol. The predicted octanol–water partition coefficient (Wildman–Crippen LogP) is 2.97. The smallest absolute Gasteiger partial charge is 0.273 e. The lowest BCUT2D eigenvalue weighted by atomic mass is 9.86. The monoisotopic (exact) mass is 437 g/mol. The molecule has 4 aromatic heterocycles. The second-order valence-corrected chi connectivity index (χ2v) is 9.31. The fraction of sp³-hybridized carbons (Fsp3) is 0.381. The van der Waals surface area contributed by atoms with Crippen molar-refractivity contribution in [2.75, 3.05) is 12.4 Å². The van der Waals surface area contributed by atoms with Crippen LogP contribution in [0.5, 0.6) is 0 Å². The third-order valence-corrected chi connectivity index (χ3v) is 7.18. The number of aromatic nitrogens is 5.